The fourth-order valence-electron chi connectivity index (χ4n) is 3.52. The summed E-state index contributed by atoms with van der Waals surface area (Å²) >= 11 is 0. The normalized spacial score (nSPS) is 23.6. The Morgan fingerprint density at radius 1 is 1.38 bits per heavy atom. The van der Waals surface area contributed by atoms with Gasteiger partial charge >= 0.3 is 0 Å². The zero-order valence-electron chi connectivity index (χ0n) is 13.3. The van der Waals surface area contributed by atoms with Gasteiger partial charge in [0.2, 0.25) is 0 Å². The molecule has 24 heavy (non-hydrogen) atoms. The highest BCUT2D eigenvalue weighted by Crippen LogP contribution is 2.32. The van der Waals surface area contributed by atoms with Gasteiger partial charge in [0.05, 0.1) is 37.8 Å². The summed E-state index contributed by atoms with van der Waals surface area (Å²) in [5, 5.41) is 8.09. The Hall–Kier alpha value is -2.06. The molecule has 4 rings (SSSR count). The van der Waals surface area contributed by atoms with Gasteiger partial charge < -0.3 is 9.47 Å². The highest BCUT2D eigenvalue weighted by molar-refractivity contribution is 5.32. The number of methoxy groups -OCH3 is 1. The molecule has 1 saturated heterocycles. The van der Waals surface area contributed by atoms with Crippen molar-refractivity contribution < 1.29 is 18.3 Å². The van der Waals surface area contributed by atoms with E-state index < -0.39 is 11.6 Å². The van der Waals surface area contributed by atoms with Crippen LogP contribution in [0.25, 0.3) is 0 Å². The zero-order valence-corrected chi connectivity index (χ0v) is 13.3. The molecule has 2 unspecified atom stereocenters. The van der Waals surface area contributed by atoms with Crippen LogP contribution in [0.15, 0.2) is 18.3 Å². The number of halogens is 2. The van der Waals surface area contributed by atoms with Gasteiger partial charge in [-0.3, -0.25) is 4.90 Å². The fourth-order valence-corrected chi connectivity index (χ4v) is 3.52. The van der Waals surface area contributed by atoms with Crippen molar-refractivity contribution in [3.05, 3.63) is 41.2 Å². The van der Waals surface area contributed by atoms with E-state index >= 15 is 0 Å². The Balaban J connectivity index is 1.49. The summed E-state index contributed by atoms with van der Waals surface area (Å²) in [5.41, 5.74) is 1.41. The molecule has 1 aromatic heterocycles. The molecular weight excluding hydrogens is 318 g/mol. The molecule has 0 amide bonds. The Kier molecular flexibility index (Phi) is 3.93. The molecule has 6 nitrogen and oxygen atoms in total. The summed E-state index contributed by atoms with van der Waals surface area (Å²) in [5.74, 6) is -1.65. The van der Waals surface area contributed by atoms with Crippen molar-refractivity contribution in [3.63, 3.8) is 0 Å². The van der Waals surface area contributed by atoms with Crippen LogP contribution in [0.2, 0.25) is 0 Å². The number of likely N-dealkylation sites (tertiary alicyclic amines) is 1. The Bertz CT molecular complexity index is 752. The van der Waals surface area contributed by atoms with Crippen LogP contribution in [0.5, 0.6) is 5.75 Å². The van der Waals surface area contributed by atoms with Crippen LogP contribution in [-0.4, -0.2) is 46.2 Å². The van der Waals surface area contributed by atoms with Gasteiger partial charge in [0.15, 0.2) is 17.4 Å². The van der Waals surface area contributed by atoms with Gasteiger partial charge in [-0.15, -0.1) is 5.10 Å². The van der Waals surface area contributed by atoms with Crippen LogP contribution in [0, 0.1) is 11.6 Å². The third kappa shape index (κ3) is 2.55. The lowest BCUT2D eigenvalue weighted by atomic mass is 9.99. The first-order valence-corrected chi connectivity index (χ1v) is 7.91. The molecule has 1 aromatic carbocycles. The highest BCUT2D eigenvalue weighted by atomic mass is 19.1. The van der Waals surface area contributed by atoms with Gasteiger partial charge in [-0.2, -0.15) is 0 Å². The summed E-state index contributed by atoms with van der Waals surface area (Å²) in [6.07, 6.45) is 2.57. The largest absolute Gasteiger partial charge is 0.491 e. The SMILES string of the molecule is COc1c(F)ccc(CN2CCC3C(C2)OCc2cnnn23)c1F. The molecule has 2 aromatic rings. The predicted octanol–water partition coefficient (Wildman–Crippen LogP) is 1.91. The number of rotatable bonds is 3. The van der Waals surface area contributed by atoms with Crippen LogP contribution in [0.3, 0.4) is 0 Å². The second-order valence-electron chi connectivity index (χ2n) is 6.16. The van der Waals surface area contributed by atoms with Crippen LogP contribution in [-0.2, 0) is 17.9 Å². The van der Waals surface area contributed by atoms with Crippen molar-refractivity contribution in [2.45, 2.75) is 31.7 Å². The minimum atomic E-state index is -0.688. The van der Waals surface area contributed by atoms with E-state index in [4.69, 9.17) is 9.47 Å². The van der Waals surface area contributed by atoms with Crippen LogP contribution in [0.1, 0.15) is 23.7 Å². The molecule has 0 N–H and O–H groups in total. The smallest absolute Gasteiger partial charge is 0.190 e. The Morgan fingerprint density at radius 2 is 2.25 bits per heavy atom. The van der Waals surface area contributed by atoms with E-state index in [0.717, 1.165) is 18.7 Å². The standard InChI is InChI=1S/C16H18F2N4O2/c1-23-16-12(17)3-2-10(15(16)18)7-21-5-4-13-14(8-21)24-9-11-6-19-20-22(11)13/h2-3,6,13-14H,4-5,7-9H2,1H3. The number of piperidine rings is 1. The Labute approximate surface area is 138 Å². The number of fused-ring (bicyclic) bond motifs is 3. The second kappa shape index (κ2) is 6.10. The summed E-state index contributed by atoms with van der Waals surface area (Å²) in [7, 11) is 1.27. The number of aromatic nitrogens is 3. The first-order valence-electron chi connectivity index (χ1n) is 7.91. The molecular formula is C16H18F2N4O2. The average molecular weight is 336 g/mol. The van der Waals surface area contributed by atoms with E-state index in [2.05, 4.69) is 15.2 Å². The molecule has 2 atom stereocenters. The number of hydrogen-bond donors (Lipinski definition) is 0. The lowest BCUT2D eigenvalue weighted by molar-refractivity contribution is -0.0705. The number of hydrogen-bond acceptors (Lipinski definition) is 5. The van der Waals surface area contributed by atoms with Crippen LogP contribution < -0.4 is 4.74 Å². The fraction of sp³-hybridized carbons (Fsp3) is 0.500. The molecule has 1 fully saturated rings. The summed E-state index contributed by atoms with van der Waals surface area (Å²) in [6.45, 7) is 2.33. The van der Waals surface area contributed by atoms with Crippen molar-refractivity contribution in [1.82, 2.24) is 19.9 Å². The first kappa shape index (κ1) is 15.5. The molecule has 0 spiro atoms. The highest BCUT2D eigenvalue weighted by Gasteiger charge is 2.36. The maximum absolute atomic E-state index is 14.3. The maximum Gasteiger partial charge on any atom is 0.190 e. The molecule has 0 bridgehead atoms. The van der Waals surface area contributed by atoms with Gasteiger partial charge in [-0.25, -0.2) is 13.5 Å². The lowest BCUT2D eigenvalue weighted by Crippen LogP contribution is -2.48. The number of nitrogens with zero attached hydrogens (tertiary/aromatic N) is 4. The van der Waals surface area contributed by atoms with E-state index in [1.54, 1.807) is 6.20 Å². The molecule has 2 aliphatic heterocycles. The van der Waals surface area contributed by atoms with Gasteiger partial charge in [0.1, 0.15) is 0 Å². The molecule has 2 aliphatic rings. The summed E-state index contributed by atoms with van der Waals surface area (Å²) in [4.78, 5) is 2.11. The van der Waals surface area contributed by atoms with Gasteiger partial charge in [0, 0.05) is 25.2 Å². The van der Waals surface area contributed by atoms with Crippen molar-refractivity contribution in [1.29, 1.82) is 0 Å². The van der Waals surface area contributed by atoms with Crippen molar-refractivity contribution >= 4 is 0 Å². The molecule has 0 radical (unpaired) electrons. The van der Waals surface area contributed by atoms with Gasteiger partial charge in [-0.1, -0.05) is 11.3 Å². The third-order valence-corrected chi connectivity index (χ3v) is 4.74. The zero-order chi connectivity index (χ0) is 16.7. The van der Waals surface area contributed by atoms with Gasteiger partial charge in [0.25, 0.3) is 0 Å². The van der Waals surface area contributed by atoms with Crippen molar-refractivity contribution in [2.24, 2.45) is 0 Å². The minimum Gasteiger partial charge on any atom is -0.491 e. The third-order valence-electron chi connectivity index (χ3n) is 4.74. The summed E-state index contributed by atoms with van der Waals surface area (Å²) < 4.78 is 40.5. The van der Waals surface area contributed by atoms with Crippen LogP contribution >= 0.6 is 0 Å². The lowest BCUT2D eigenvalue weighted by Gasteiger charge is -2.41. The average Bonchev–Trinajstić information content (AvgIpc) is 3.07. The quantitative estimate of drug-likeness (QED) is 0.857. The Morgan fingerprint density at radius 3 is 3.08 bits per heavy atom. The number of ether oxygens (including phenoxy) is 2. The van der Waals surface area contributed by atoms with Crippen molar-refractivity contribution in [2.75, 3.05) is 20.2 Å². The number of benzene rings is 1. The summed E-state index contributed by atoms with van der Waals surface area (Å²) in [6, 6.07) is 2.87. The van der Waals surface area contributed by atoms with Crippen LogP contribution in [0.4, 0.5) is 8.78 Å². The van der Waals surface area contributed by atoms with Gasteiger partial charge in [-0.05, 0) is 12.5 Å². The molecule has 8 heteroatoms. The second-order valence-corrected chi connectivity index (χ2v) is 6.16. The topological polar surface area (TPSA) is 52.4 Å². The molecule has 128 valence electrons. The van der Waals surface area contributed by atoms with E-state index in [9.17, 15) is 8.78 Å². The predicted molar refractivity (Wildman–Crippen MR) is 80.4 cm³/mol. The molecule has 3 heterocycles. The molecule has 0 aliphatic carbocycles. The van der Waals surface area contributed by atoms with E-state index in [0.29, 0.717) is 25.3 Å². The monoisotopic (exact) mass is 336 g/mol. The molecule has 0 saturated carbocycles. The van der Waals surface area contributed by atoms with E-state index in [1.165, 1.54) is 19.2 Å². The van der Waals surface area contributed by atoms with Crippen molar-refractivity contribution in [3.8, 4) is 5.75 Å². The van der Waals surface area contributed by atoms with E-state index in [-0.39, 0.29) is 17.9 Å². The first-order chi connectivity index (χ1) is 11.7. The maximum atomic E-state index is 14.3. The minimum absolute atomic E-state index is 0.00152. The van der Waals surface area contributed by atoms with E-state index in [1.807, 2.05) is 4.68 Å².